The molecule has 412 valence electrons. The molecule has 3 unspecified atom stereocenters. The maximum atomic E-state index is 12.9. The van der Waals surface area contributed by atoms with Crippen molar-refractivity contribution >= 4 is 71.6 Å². The smallest absolute Gasteiger partial charge is 0.346 e. The van der Waals surface area contributed by atoms with Crippen molar-refractivity contribution in [3.8, 4) is 0 Å². The third-order valence-corrected chi connectivity index (χ3v) is 11.5. The summed E-state index contributed by atoms with van der Waals surface area (Å²) in [6.07, 6.45) is -2.37. The van der Waals surface area contributed by atoms with Crippen LogP contribution in [-0.4, -0.2) is 115 Å². The molecule has 26 nitrogen and oxygen atoms in total. The van der Waals surface area contributed by atoms with Crippen LogP contribution in [0.5, 0.6) is 0 Å². The quantitative estimate of drug-likeness (QED) is 0.0226. The molecule has 4 aliphatic rings. The minimum atomic E-state index is -1.37. The van der Waals surface area contributed by atoms with E-state index in [0.717, 1.165) is 0 Å². The van der Waals surface area contributed by atoms with Crippen molar-refractivity contribution in [2.75, 3.05) is 19.8 Å². The summed E-state index contributed by atoms with van der Waals surface area (Å²) in [5, 5.41) is 9.58. The number of rotatable bonds is 22. The molecule has 0 saturated heterocycles. The molecule has 4 aliphatic heterocycles. The largest absolute Gasteiger partial charge is 0.478 e. The summed E-state index contributed by atoms with van der Waals surface area (Å²) in [5.74, 6) is -9.95. The van der Waals surface area contributed by atoms with Gasteiger partial charge in [0.05, 0.1) is 66.8 Å². The third-order valence-electron chi connectivity index (χ3n) is 11.5. The summed E-state index contributed by atoms with van der Waals surface area (Å²) in [6.45, 7) is 3.72. The first kappa shape index (κ1) is 56.5. The van der Waals surface area contributed by atoms with Gasteiger partial charge in [-0.1, -0.05) is 18.2 Å². The van der Waals surface area contributed by atoms with E-state index < -0.39 is 89.9 Å². The molecule has 0 amide bonds. The molecule has 0 spiro atoms. The van der Waals surface area contributed by atoms with E-state index in [4.69, 9.17) is 43.5 Å². The zero-order valence-corrected chi connectivity index (χ0v) is 41.8. The number of carbonyl (C=O) groups excluding carboxylic acids is 11. The van der Waals surface area contributed by atoms with Crippen LogP contribution in [0.3, 0.4) is 0 Å². The Bertz CT molecular complexity index is 3430. The number of carboxylic acids is 1. The van der Waals surface area contributed by atoms with E-state index in [0.29, 0.717) is 16.7 Å². The zero-order chi connectivity index (χ0) is 57.4. The van der Waals surface area contributed by atoms with Gasteiger partial charge in [0.1, 0.15) is 58.0 Å². The van der Waals surface area contributed by atoms with E-state index >= 15 is 0 Å². The molecule has 9 rings (SSSR count). The van der Waals surface area contributed by atoms with Gasteiger partial charge < -0.3 is 38.3 Å². The average molecular weight is 1100 g/mol. The van der Waals surface area contributed by atoms with Crippen LogP contribution >= 0.6 is 0 Å². The second-order valence-corrected chi connectivity index (χ2v) is 17.5. The molecule has 0 saturated carbocycles. The van der Waals surface area contributed by atoms with E-state index in [1.54, 1.807) is 19.1 Å². The minimum absolute atomic E-state index is 0.00612. The maximum Gasteiger partial charge on any atom is 0.346 e. The number of benzene rings is 5. The fourth-order valence-corrected chi connectivity index (χ4v) is 7.52. The highest BCUT2D eigenvalue weighted by Crippen LogP contribution is 2.26. The molecule has 5 aromatic rings. The second kappa shape index (κ2) is 24.7. The number of ether oxygens (including phenoxy) is 7. The maximum absolute atomic E-state index is 12.9. The number of carbonyl (C=O) groups is 12. The monoisotopic (exact) mass is 1100 g/mol. The molecule has 0 fully saturated rings. The molecule has 0 aliphatic carbocycles. The van der Waals surface area contributed by atoms with Crippen LogP contribution < -0.4 is 0 Å². The molecule has 1 N–H and O–H groups in total. The predicted octanol–water partition coefficient (Wildman–Crippen LogP) is 5.39. The first-order valence-corrected chi connectivity index (χ1v) is 23.6. The minimum Gasteiger partial charge on any atom is -0.478 e. The Morgan fingerprint density at radius 1 is 0.362 bits per heavy atom. The van der Waals surface area contributed by atoms with Crippen molar-refractivity contribution in [2.45, 2.75) is 58.9 Å². The number of hydrogen-bond donors (Lipinski definition) is 1. The molecule has 0 radical (unpaired) electrons. The fourth-order valence-electron chi connectivity index (χ4n) is 7.52. The van der Waals surface area contributed by atoms with Crippen LogP contribution in [0.15, 0.2) is 91.0 Å². The molecule has 80 heavy (non-hydrogen) atoms. The lowest BCUT2D eigenvalue weighted by molar-refractivity contribution is -0.312. The van der Waals surface area contributed by atoms with Crippen molar-refractivity contribution in [3.63, 3.8) is 0 Å². The Morgan fingerprint density at radius 3 is 1.02 bits per heavy atom. The summed E-state index contributed by atoms with van der Waals surface area (Å²) in [4.78, 5) is 172. The van der Waals surface area contributed by atoms with Crippen LogP contribution in [0, 0.1) is 0 Å². The predicted molar refractivity (Wildman–Crippen MR) is 255 cm³/mol. The van der Waals surface area contributed by atoms with Crippen molar-refractivity contribution in [2.24, 2.45) is 0 Å². The van der Waals surface area contributed by atoms with Crippen LogP contribution in [-0.2, 0) is 82.3 Å². The Morgan fingerprint density at radius 2 is 0.662 bits per heavy atom. The Balaban J connectivity index is 0.000000232. The molecule has 0 bridgehead atoms. The zero-order valence-electron chi connectivity index (χ0n) is 41.8. The van der Waals surface area contributed by atoms with Crippen molar-refractivity contribution < 1.29 is 125 Å². The lowest BCUT2D eigenvalue weighted by Gasteiger charge is -2.15. The normalized spacial score (nSPS) is 14.7. The van der Waals surface area contributed by atoms with Crippen LogP contribution in [0.4, 0.5) is 0 Å². The number of aromatic carboxylic acids is 1. The van der Waals surface area contributed by atoms with Crippen LogP contribution in [0.1, 0.15) is 162 Å². The SMILES string of the molecule is CC(COOCc1ccc(C(=O)O)c(C(=O)OC(C)COOCc2ccc3c(c2)C(=O)OC3=O)c1)OC(=O)c1ccc2c(c1)C(=O)OC2=O.CC(COOCc1ccc2c(c1)C(=O)OC2=O)OC(=O)c1ccc2c(c1)C(=O)OC2=O. The standard InChI is InChI=1S/C33H26O16.C21H14O10/c1-16(46-28(36)20-5-8-23-26(11-20)33(41)49-30(23)38)12-42-44-14-18-3-6-21(27(34)35)24(9-18)31(39)47-17(2)13-43-45-15-19-4-7-22-25(10-19)32(40)48-29(22)37;1-10(29-17(22)12-3-5-14-16(7-12)21(26)31-19(14)24)8-27-28-9-11-2-4-13-15(6-11)20(25)30-18(13)23/h3-11,16-17H,12-15H2,1-2H3,(H,34,35);2-7,10H,8-9H2,1H3. The van der Waals surface area contributed by atoms with E-state index in [1.165, 1.54) is 92.7 Å². The summed E-state index contributed by atoms with van der Waals surface area (Å²) in [7, 11) is 0. The molecule has 5 aromatic carbocycles. The number of esters is 11. The van der Waals surface area contributed by atoms with Gasteiger partial charge >= 0.3 is 71.6 Å². The first-order chi connectivity index (χ1) is 38.2. The van der Waals surface area contributed by atoms with Gasteiger partial charge in [-0.05, 0) is 110 Å². The van der Waals surface area contributed by atoms with E-state index in [9.17, 15) is 62.6 Å². The fraction of sp³-hybridized carbons (Fsp3) is 0.222. The number of hydrogen-bond acceptors (Lipinski definition) is 25. The highest BCUT2D eigenvalue weighted by Gasteiger charge is 2.34. The van der Waals surface area contributed by atoms with Crippen molar-refractivity contribution in [1.29, 1.82) is 0 Å². The van der Waals surface area contributed by atoms with Gasteiger partial charge in [-0.2, -0.15) is 0 Å². The number of fused-ring (bicyclic) bond motifs is 4. The van der Waals surface area contributed by atoms with Crippen LogP contribution in [0.2, 0.25) is 0 Å². The van der Waals surface area contributed by atoms with Crippen molar-refractivity contribution in [3.05, 3.63) is 174 Å². The average Bonchev–Trinajstić information content (AvgIpc) is 4.10. The summed E-state index contributed by atoms with van der Waals surface area (Å²) >= 11 is 0. The van der Waals surface area contributed by atoms with Gasteiger partial charge in [-0.15, -0.1) is 0 Å². The lowest BCUT2D eigenvalue weighted by Crippen LogP contribution is -2.22. The Labute approximate surface area is 448 Å². The molecular formula is C54H40O26. The Kier molecular flexibility index (Phi) is 17.5. The summed E-state index contributed by atoms with van der Waals surface area (Å²) in [5.41, 5.74) is 1.69. The highest BCUT2D eigenvalue weighted by atomic mass is 17.2. The second-order valence-electron chi connectivity index (χ2n) is 17.5. The molecular weight excluding hydrogens is 1060 g/mol. The van der Waals surface area contributed by atoms with Gasteiger partial charge in [0.2, 0.25) is 0 Å². The third kappa shape index (κ3) is 13.3. The lowest BCUT2D eigenvalue weighted by atomic mass is 10.0. The van der Waals surface area contributed by atoms with E-state index in [1.807, 2.05) is 0 Å². The van der Waals surface area contributed by atoms with Gasteiger partial charge in [-0.3, -0.25) is 0 Å². The van der Waals surface area contributed by atoms with Crippen LogP contribution in [0.25, 0.3) is 0 Å². The molecule has 4 heterocycles. The Hall–Kier alpha value is -9.70. The topological polar surface area (TPSA) is 345 Å². The highest BCUT2D eigenvalue weighted by molar-refractivity contribution is 6.17. The first-order valence-electron chi connectivity index (χ1n) is 23.6. The van der Waals surface area contributed by atoms with Gasteiger partial charge in [-0.25, -0.2) is 86.9 Å². The van der Waals surface area contributed by atoms with E-state index in [-0.39, 0.29) is 106 Å². The molecule has 26 heteroatoms. The van der Waals surface area contributed by atoms with Crippen molar-refractivity contribution in [1.82, 2.24) is 0 Å². The summed E-state index contributed by atoms with van der Waals surface area (Å²) in [6, 6.07) is 20.5. The van der Waals surface area contributed by atoms with Gasteiger partial charge in [0, 0.05) is 0 Å². The van der Waals surface area contributed by atoms with Gasteiger partial charge in [0.25, 0.3) is 0 Å². The van der Waals surface area contributed by atoms with E-state index in [2.05, 4.69) is 18.9 Å². The number of cyclic esters (lactones) is 8. The molecule has 3 atom stereocenters. The van der Waals surface area contributed by atoms with Gasteiger partial charge in [0.15, 0.2) is 0 Å². The number of carboxylic acid groups (broad SMARTS) is 1. The molecule has 0 aromatic heterocycles. The summed E-state index contributed by atoms with van der Waals surface area (Å²) < 4.78 is 33.8.